The molecule has 6 heteroatoms. The number of halogens is 3. The van der Waals surface area contributed by atoms with Crippen molar-refractivity contribution in [3.63, 3.8) is 0 Å². The normalized spacial score (nSPS) is 11.5. The Kier molecular flexibility index (Phi) is 6.20. The van der Waals surface area contributed by atoms with E-state index in [0.717, 1.165) is 0 Å². The molecule has 21 heavy (non-hydrogen) atoms. The predicted octanol–water partition coefficient (Wildman–Crippen LogP) is 2.56. The van der Waals surface area contributed by atoms with Crippen LogP contribution in [-0.4, -0.2) is 24.2 Å². The average Bonchev–Trinajstić information content (AvgIpc) is 2.47. The zero-order valence-corrected chi connectivity index (χ0v) is 12.2. The van der Waals surface area contributed by atoms with E-state index in [2.05, 4.69) is 5.32 Å². The molecular formula is C15H20F3NO2. The van der Waals surface area contributed by atoms with Gasteiger partial charge in [-0.15, -0.1) is 0 Å². The summed E-state index contributed by atoms with van der Waals surface area (Å²) in [6.07, 6.45) is 0.984. The Morgan fingerprint density at radius 2 is 1.71 bits per heavy atom. The van der Waals surface area contributed by atoms with E-state index in [1.807, 2.05) is 13.8 Å². The van der Waals surface area contributed by atoms with Crippen molar-refractivity contribution in [1.29, 1.82) is 0 Å². The second-order valence-electron chi connectivity index (χ2n) is 5.18. The minimum atomic E-state index is -1.28. The quantitative estimate of drug-likeness (QED) is 0.761. The molecule has 0 aliphatic heterocycles. The Labute approximate surface area is 122 Å². The van der Waals surface area contributed by atoms with E-state index >= 15 is 0 Å². The minimum Gasteiger partial charge on any atom is -0.396 e. The van der Waals surface area contributed by atoms with Crippen molar-refractivity contribution in [1.82, 2.24) is 5.32 Å². The van der Waals surface area contributed by atoms with Gasteiger partial charge >= 0.3 is 0 Å². The Balaban J connectivity index is 2.68. The van der Waals surface area contributed by atoms with E-state index in [1.165, 1.54) is 0 Å². The van der Waals surface area contributed by atoms with Crippen LogP contribution in [0.5, 0.6) is 0 Å². The first-order valence-electron chi connectivity index (χ1n) is 6.88. The Hall–Kier alpha value is -1.56. The lowest BCUT2D eigenvalue weighted by Crippen LogP contribution is -2.40. The number of benzene rings is 1. The summed E-state index contributed by atoms with van der Waals surface area (Å²) >= 11 is 0. The second kappa shape index (κ2) is 7.45. The summed E-state index contributed by atoms with van der Waals surface area (Å²) in [5.74, 6) is -3.93. The lowest BCUT2D eigenvalue weighted by atomic mass is 9.83. The molecule has 0 aromatic heterocycles. The monoisotopic (exact) mass is 303 g/mol. The van der Waals surface area contributed by atoms with E-state index in [4.69, 9.17) is 0 Å². The van der Waals surface area contributed by atoms with E-state index in [-0.39, 0.29) is 25.1 Å². The Bertz CT molecular complexity index is 494. The van der Waals surface area contributed by atoms with Crippen molar-refractivity contribution in [2.45, 2.75) is 33.1 Å². The highest BCUT2D eigenvalue weighted by Crippen LogP contribution is 2.24. The molecule has 0 aliphatic rings. The van der Waals surface area contributed by atoms with Crippen molar-refractivity contribution < 1.29 is 23.1 Å². The number of aliphatic hydroxyl groups excluding tert-OH is 1. The molecule has 1 amide bonds. The highest BCUT2D eigenvalue weighted by atomic mass is 19.2. The number of hydrogen-bond donors (Lipinski definition) is 2. The molecule has 2 N–H and O–H groups in total. The largest absolute Gasteiger partial charge is 0.396 e. The van der Waals surface area contributed by atoms with Gasteiger partial charge in [0.2, 0.25) is 5.91 Å². The molecule has 0 spiro atoms. The topological polar surface area (TPSA) is 49.3 Å². The molecule has 0 saturated carbocycles. The molecule has 0 unspecified atom stereocenters. The SMILES string of the molecule is CCC(CC)(CO)CNC(=O)Cc1cc(F)c(F)cc1F. The number of carbonyl (C=O) groups is 1. The van der Waals surface area contributed by atoms with Crippen LogP contribution >= 0.6 is 0 Å². The van der Waals surface area contributed by atoms with E-state index in [1.54, 1.807) is 0 Å². The zero-order valence-electron chi connectivity index (χ0n) is 12.2. The van der Waals surface area contributed by atoms with Crippen LogP contribution < -0.4 is 5.32 Å². The van der Waals surface area contributed by atoms with Crippen molar-refractivity contribution in [2.24, 2.45) is 5.41 Å². The number of nitrogens with one attached hydrogen (secondary N) is 1. The fourth-order valence-corrected chi connectivity index (χ4v) is 2.00. The fraction of sp³-hybridized carbons (Fsp3) is 0.533. The van der Waals surface area contributed by atoms with Crippen molar-refractivity contribution >= 4 is 5.91 Å². The molecule has 0 fully saturated rings. The standard InChI is InChI=1S/C15H20F3NO2/c1-3-15(4-2,9-20)8-19-14(21)6-10-5-12(17)13(18)7-11(10)16/h5,7,20H,3-4,6,8-9H2,1-2H3,(H,19,21). The number of amides is 1. The van der Waals surface area contributed by atoms with Crippen molar-refractivity contribution in [3.8, 4) is 0 Å². The third kappa shape index (κ3) is 4.46. The number of rotatable bonds is 7. The molecule has 1 aromatic rings. The van der Waals surface area contributed by atoms with Gasteiger partial charge in [-0.2, -0.15) is 0 Å². The maximum absolute atomic E-state index is 13.4. The van der Waals surface area contributed by atoms with Crippen LogP contribution in [0.25, 0.3) is 0 Å². The summed E-state index contributed by atoms with van der Waals surface area (Å²) in [6, 6.07) is 1.11. The van der Waals surface area contributed by atoms with Crippen LogP contribution in [0.4, 0.5) is 13.2 Å². The smallest absolute Gasteiger partial charge is 0.224 e. The average molecular weight is 303 g/mol. The van der Waals surface area contributed by atoms with E-state index in [0.29, 0.717) is 25.0 Å². The van der Waals surface area contributed by atoms with Crippen molar-refractivity contribution in [3.05, 3.63) is 35.1 Å². The molecule has 0 heterocycles. The van der Waals surface area contributed by atoms with Crippen LogP contribution in [0.1, 0.15) is 32.3 Å². The molecular weight excluding hydrogens is 283 g/mol. The van der Waals surface area contributed by atoms with Crippen LogP contribution in [-0.2, 0) is 11.2 Å². The molecule has 0 bridgehead atoms. The Morgan fingerprint density at radius 3 is 2.24 bits per heavy atom. The summed E-state index contributed by atoms with van der Waals surface area (Å²) in [5, 5.41) is 12.0. The van der Waals surface area contributed by atoms with Gasteiger partial charge in [-0.3, -0.25) is 4.79 Å². The maximum atomic E-state index is 13.4. The van der Waals surface area contributed by atoms with Crippen LogP contribution in [0.15, 0.2) is 12.1 Å². The first-order valence-corrected chi connectivity index (χ1v) is 6.88. The highest BCUT2D eigenvalue weighted by molar-refractivity contribution is 5.78. The van der Waals surface area contributed by atoms with Gasteiger partial charge in [0, 0.05) is 23.6 Å². The third-order valence-electron chi connectivity index (χ3n) is 3.94. The molecule has 0 radical (unpaired) electrons. The molecule has 0 aliphatic carbocycles. The number of carbonyl (C=O) groups excluding carboxylic acids is 1. The molecule has 1 aromatic carbocycles. The second-order valence-corrected chi connectivity index (χ2v) is 5.18. The van der Waals surface area contributed by atoms with Gasteiger partial charge in [-0.05, 0) is 18.9 Å². The maximum Gasteiger partial charge on any atom is 0.224 e. The first-order chi connectivity index (χ1) is 9.87. The van der Waals surface area contributed by atoms with Gasteiger partial charge in [0.15, 0.2) is 11.6 Å². The number of hydrogen-bond acceptors (Lipinski definition) is 2. The summed E-state index contributed by atoms with van der Waals surface area (Å²) in [5.41, 5.74) is -0.614. The van der Waals surface area contributed by atoms with Crippen LogP contribution in [0.3, 0.4) is 0 Å². The summed E-state index contributed by atoms with van der Waals surface area (Å²) in [7, 11) is 0. The van der Waals surface area contributed by atoms with Gasteiger partial charge in [0.05, 0.1) is 13.0 Å². The van der Waals surface area contributed by atoms with E-state index < -0.39 is 28.8 Å². The number of aliphatic hydroxyl groups is 1. The van der Waals surface area contributed by atoms with Crippen molar-refractivity contribution in [2.75, 3.05) is 13.2 Å². The lowest BCUT2D eigenvalue weighted by Gasteiger charge is -2.29. The molecule has 118 valence electrons. The lowest BCUT2D eigenvalue weighted by molar-refractivity contribution is -0.121. The molecule has 0 saturated heterocycles. The van der Waals surface area contributed by atoms with Gasteiger partial charge in [-0.1, -0.05) is 13.8 Å². The predicted molar refractivity (Wildman–Crippen MR) is 73.1 cm³/mol. The molecule has 0 atom stereocenters. The van der Waals surface area contributed by atoms with Gasteiger partial charge in [-0.25, -0.2) is 13.2 Å². The summed E-state index contributed by atoms with van der Waals surface area (Å²) < 4.78 is 39.3. The third-order valence-corrected chi connectivity index (χ3v) is 3.94. The van der Waals surface area contributed by atoms with Gasteiger partial charge in [0.1, 0.15) is 5.82 Å². The van der Waals surface area contributed by atoms with Crippen LogP contribution in [0, 0.1) is 22.9 Å². The molecule has 3 nitrogen and oxygen atoms in total. The first kappa shape index (κ1) is 17.5. The fourth-order valence-electron chi connectivity index (χ4n) is 2.00. The van der Waals surface area contributed by atoms with E-state index in [9.17, 15) is 23.1 Å². The minimum absolute atomic E-state index is 0.0696. The van der Waals surface area contributed by atoms with Crippen LogP contribution in [0.2, 0.25) is 0 Å². The summed E-state index contributed by atoms with van der Waals surface area (Å²) in [6.45, 7) is 3.99. The van der Waals surface area contributed by atoms with Gasteiger partial charge in [0.25, 0.3) is 0 Å². The summed E-state index contributed by atoms with van der Waals surface area (Å²) in [4.78, 5) is 11.8. The molecule has 1 rings (SSSR count). The highest BCUT2D eigenvalue weighted by Gasteiger charge is 2.26. The zero-order chi connectivity index (χ0) is 16.0. The van der Waals surface area contributed by atoms with Gasteiger partial charge < -0.3 is 10.4 Å². The Morgan fingerprint density at radius 1 is 1.14 bits per heavy atom.